The lowest BCUT2D eigenvalue weighted by molar-refractivity contribution is 1.25. The average Bonchev–Trinajstić information content (AvgIpc) is 3.03. The predicted molar refractivity (Wildman–Crippen MR) is 109 cm³/mol. The Morgan fingerprint density at radius 3 is 2.55 bits per heavy atom. The van der Waals surface area contributed by atoms with E-state index in [-0.39, 0.29) is 0 Å². The number of benzene rings is 2. The Hall–Kier alpha value is 0.0200. The molecule has 112 valence electrons. The van der Waals surface area contributed by atoms with Gasteiger partial charge in [0.05, 0.1) is 14.4 Å². The molecule has 0 atom stereocenters. The van der Waals surface area contributed by atoms with Crippen molar-refractivity contribution in [1.82, 2.24) is 4.98 Å². The number of hydrogen-bond donors (Lipinski definition) is 0. The lowest BCUT2D eigenvalue weighted by Gasteiger charge is -1.97. The molecule has 0 unspecified atom stereocenters. The van der Waals surface area contributed by atoms with Crippen LogP contribution >= 0.6 is 78.8 Å². The molecule has 4 rings (SSSR count). The van der Waals surface area contributed by atoms with Gasteiger partial charge in [-0.05, 0) is 45.8 Å². The van der Waals surface area contributed by atoms with Crippen molar-refractivity contribution in [1.29, 1.82) is 0 Å². The summed E-state index contributed by atoms with van der Waals surface area (Å²) in [6.07, 6.45) is 0.941. The normalized spacial score (nSPS) is 13.0. The molecule has 3 aromatic rings. The first-order chi connectivity index (χ1) is 10.5. The Morgan fingerprint density at radius 2 is 1.82 bits per heavy atom. The van der Waals surface area contributed by atoms with E-state index in [1.54, 1.807) is 11.8 Å². The fraction of sp³-hybridized carbons (Fsp3) is 0.0667. The predicted octanol–water partition coefficient (Wildman–Crippen LogP) is 7.14. The van der Waals surface area contributed by atoms with Gasteiger partial charge in [-0.15, -0.1) is 11.3 Å². The highest BCUT2D eigenvalue weighted by Gasteiger charge is 2.17. The molecule has 0 bridgehead atoms. The second-order valence-corrected chi connectivity index (χ2v) is 9.63. The van der Waals surface area contributed by atoms with Crippen LogP contribution in [0.1, 0.15) is 5.56 Å². The summed E-state index contributed by atoms with van der Waals surface area (Å²) in [5.41, 5.74) is 2.30. The third kappa shape index (κ3) is 3.74. The quantitative estimate of drug-likeness (QED) is 0.309. The molecule has 22 heavy (non-hydrogen) atoms. The zero-order chi connectivity index (χ0) is 15.7. The first-order valence-corrected chi connectivity index (χ1v) is 10.2. The number of thiocarbonyl (C=S) groups is 1. The molecule has 0 amide bonds. The van der Waals surface area contributed by atoms with Crippen LogP contribution in [-0.2, 0) is 6.42 Å². The van der Waals surface area contributed by atoms with Crippen LogP contribution in [0, 0.1) is 0 Å². The minimum atomic E-state index is 0.590. The number of thiazole rings is 1. The van der Waals surface area contributed by atoms with E-state index in [0.29, 0.717) is 4.47 Å². The number of thioether (sulfide) groups is 1. The monoisotopic (exact) mass is 491 g/mol. The highest BCUT2D eigenvalue weighted by molar-refractivity contribution is 9.11. The summed E-state index contributed by atoms with van der Waals surface area (Å²) in [6, 6.07) is 12.2. The molecule has 0 spiro atoms. The van der Waals surface area contributed by atoms with Crippen molar-refractivity contribution in [2.75, 3.05) is 0 Å². The molecule has 0 fully saturated rings. The fourth-order valence-corrected chi connectivity index (χ4v) is 5.60. The Balaban J connectivity index is 0.000000131. The number of halogens is 3. The van der Waals surface area contributed by atoms with Gasteiger partial charge in [0.2, 0.25) is 0 Å². The number of hydrogen-bond acceptors (Lipinski definition) is 4. The van der Waals surface area contributed by atoms with Crippen molar-refractivity contribution >= 4 is 93.2 Å². The fourth-order valence-electron chi connectivity index (χ4n) is 2.00. The third-order valence-corrected chi connectivity index (χ3v) is 6.84. The van der Waals surface area contributed by atoms with Crippen LogP contribution in [0.3, 0.4) is 0 Å². The van der Waals surface area contributed by atoms with Crippen molar-refractivity contribution in [3.8, 4) is 0 Å². The smallest absolute Gasteiger partial charge is 0.184 e. The Kier molecular flexibility index (Phi) is 5.58. The lowest BCUT2D eigenvalue weighted by Crippen LogP contribution is -1.84. The van der Waals surface area contributed by atoms with Crippen LogP contribution in [-0.4, -0.2) is 9.18 Å². The van der Waals surface area contributed by atoms with Crippen LogP contribution in [0.15, 0.2) is 50.2 Å². The Labute approximate surface area is 163 Å². The van der Waals surface area contributed by atoms with Gasteiger partial charge in [-0.25, -0.2) is 4.98 Å². The van der Waals surface area contributed by atoms with Crippen LogP contribution in [0.5, 0.6) is 0 Å². The molecule has 1 aliphatic heterocycles. The molecular weight excluding hydrogens is 486 g/mol. The summed E-state index contributed by atoms with van der Waals surface area (Å²) in [5.74, 6) is 0. The van der Waals surface area contributed by atoms with Crippen molar-refractivity contribution < 1.29 is 0 Å². The van der Waals surface area contributed by atoms with Gasteiger partial charge in [0.25, 0.3) is 0 Å². The minimum Gasteiger partial charge on any atom is -0.224 e. The van der Waals surface area contributed by atoms with E-state index in [4.69, 9.17) is 23.8 Å². The van der Waals surface area contributed by atoms with Gasteiger partial charge in [0.15, 0.2) is 4.47 Å². The van der Waals surface area contributed by atoms with Gasteiger partial charge in [0.1, 0.15) is 0 Å². The van der Waals surface area contributed by atoms with Gasteiger partial charge < -0.3 is 0 Å². The molecule has 2 aromatic carbocycles. The molecule has 2 heterocycles. The molecule has 0 radical (unpaired) electrons. The molecule has 0 N–H and O–H groups in total. The maximum Gasteiger partial charge on any atom is 0.184 e. The van der Waals surface area contributed by atoms with E-state index in [1.807, 2.05) is 24.3 Å². The zero-order valence-corrected chi connectivity index (χ0v) is 17.4. The SMILES string of the molecule is Clc1nc2c(Br)cccc2s1.S=C1Cc2c(Br)cccc2S1. The maximum atomic E-state index is 5.74. The third-order valence-electron chi connectivity index (χ3n) is 2.96. The van der Waals surface area contributed by atoms with E-state index < -0.39 is 0 Å². The number of nitrogens with zero attached hydrogens (tertiary/aromatic N) is 1. The lowest BCUT2D eigenvalue weighted by atomic mass is 10.2. The Morgan fingerprint density at radius 1 is 1.09 bits per heavy atom. The molecule has 1 nitrogen and oxygen atoms in total. The number of aromatic nitrogens is 1. The second-order valence-electron chi connectivity index (χ2n) is 4.42. The van der Waals surface area contributed by atoms with Crippen molar-refractivity contribution in [2.24, 2.45) is 0 Å². The average molecular weight is 494 g/mol. The summed E-state index contributed by atoms with van der Waals surface area (Å²) in [4.78, 5) is 5.46. The summed E-state index contributed by atoms with van der Waals surface area (Å²) in [5, 5.41) is 0. The molecule has 1 aromatic heterocycles. The van der Waals surface area contributed by atoms with E-state index in [9.17, 15) is 0 Å². The van der Waals surface area contributed by atoms with Crippen LogP contribution in [0.2, 0.25) is 4.47 Å². The number of fused-ring (bicyclic) bond motifs is 2. The molecular formula is C15H8Br2ClNS3. The highest BCUT2D eigenvalue weighted by Crippen LogP contribution is 2.37. The molecule has 0 aliphatic carbocycles. The highest BCUT2D eigenvalue weighted by atomic mass is 79.9. The van der Waals surface area contributed by atoms with E-state index in [1.165, 1.54) is 26.3 Å². The van der Waals surface area contributed by atoms with Gasteiger partial charge in [0, 0.05) is 20.3 Å². The first kappa shape index (κ1) is 16.9. The van der Waals surface area contributed by atoms with Crippen LogP contribution in [0.25, 0.3) is 10.2 Å². The summed E-state index contributed by atoms with van der Waals surface area (Å²) in [6.45, 7) is 0. The molecule has 0 saturated carbocycles. The molecule has 1 aliphatic rings. The van der Waals surface area contributed by atoms with Crippen LogP contribution in [0.4, 0.5) is 0 Å². The number of rotatable bonds is 0. The first-order valence-electron chi connectivity index (χ1n) is 6.23. The largest absolute Gasteiger partial charge is 0.224 e. The number of para-hydroxylation sites is 1. The summed E-state index contributed by atoms with van der Waals surface area (Å²) in [7, 11) is 0. The van der Waals surface area contributed by atoms with Gasteiger partial charge >= 0.3 is 0 Å². The van der Waals surface area contributed by atoms with E-state index in [2.05, 4.69) is 49.0 Å². The molecule has 0 saturated heterocycles. The van der Waals surface area contributed by atoms with Crippen molar-refractivity contribution in [2.45, 2.75) is 11.3 Å². The standard InChI is InChI=1S/C8H5BrS2.C7H3BrClNS/c9-6-2-1-3-7-5(6)4-8(10)11-7;8-4-2-1-3-5-6(4)10-7(9)11-5/h1-3H,4H2;1-3H. The van der Waals surface area contributed by atoms with E-state index >= 15 is 0 Å². The van der Waals surface area contributed by atoms with Gasteiger partial charge in [-0.3, -0.25) is 0 Å². The maximum absolute atomic E-state index is 5.74. The van der Waals surface area contributed by atoms with E-state index in [0.717, 1.165) is 25.3 Å². The topological polar surface area (TPSA) is 12.9 Å². The zero-order valence-electron chi connectivity index (χ0n) is 11.0. The summed E-state index contributed by atoms with van der Waals surface area (Å²) >= 11 is 21.0. The van der Waals surface area contributed by atoms with Crippen molar-refractivity contribution in [3.05, 3.63) is 55.4 Å². The minimum absolute atomic E-state index is 0.590. The Bertz CT molecular complexity index is 863. The van der Waals surface area contributed by atoms with Crippen molar-refractivity contribution in [3.63, 3.8) is 0 Å². The second kappa shape index (κ2) is 7.28. The summed E-state index contributed by atoms with van der Waals surface area (Å²) < 4.78 is 4.96. The van der Waals surface area contributed by atoms with Gasteiger partial charge in [-0.2, -0.15) is 0 Å². The van der Waals surface area contributed by atoms with Gasteiger partial charge in [-0.1, -0.05) is 63.6 Å². The van der Waals surface area contributed by atoms with Crippen LogP contribution < -0.4 is 0 Å². The molecule has 7 heteroatoms.